The van der Waals surface area contributed by atoms with Gasteiger partial charge < -0.3 is 4.42 Å². The lowest BCUT2D eigenvalue weighted by molar-refractivity contribution is 0.0978. The average molecular weight is 278 g/mol. The molecule has 0 aliphatic rings. The van der Waals surface area contributed by atoms with Crippen molar-refractivity contribution >= 4 is 17.4 Å². The first-order valence-electron chi connectivity index (χ1n) is 5.47. The van der Waals surface area contributed by atoms with Gasteiger partial charge in [0, 0.05) is 5.02 Å². The van der Waals surface area contributed by atoms with Crippen LogP contribution in [0.1, 0.15) is 27.6 Å². The highest BCUT2D eigenvalue weighted by molar-refractivity contribution is 6.31. The summed E-state index contributed by atoms with van der Waals surface area (Å²) in [5.41, 5.74) is 0.582. The number of hydrogen-bond donors (Lipinski definition) is 0. The summed E-state index contributed by atoms with van der Waals surface area (Å²) in [5.74, 6) is -1.44. The largest absolute Gasteiger partial charge is 0.469 e. The van der Waals surface area contributed by atoms with E-state index >= 15 is 0 Å². The van der Waals surface area contributed by atoms with Gasteiger partial charge in [-0.3, -0.25) is 4.79 Å². The van der Waals surface area contributed by atoms with Crippen LogP contribution in [0.2, 0.25) is 5.02 Å². The molecule has 96 valence electrons. The summed E-state index contributed by atoms with van der Waals surface area (Å²) in [6.45, 7) is 1.70. The van der Waals surface area contributed by atoms with Gasteiger partial charge in [-0.15, -0.1) is 0 Å². The van der Waals surface area contributed by atoms with E-state index in [0.29, 0.717) is 11.3 Å². The summed E-state index contributed by atoms with van der Waals surface area (Å²) >= 11 is 5.87. The van der Waals surface area contributed by atoms with Gasteiger partial charge in [0.15, 0.2) is 5.78 Å². The minimum atomic E-state index is -1.08. The predicted molar refractivity (Wildman–Crippen MR) is 67.5 cm³/mol. The molecule has 1 unspecified atom stereocenters. The molecule has 1 aromatic heterocycles. The third-order valence-electron chi connectivity index (χ3n) is 2.68. The summed E-state index contributed by atoms with van der Waals surface area (Å²) in [7, 11) is 0. The van der Waals surface area contributed by atoms with Crippen LogP contribution >= 0.6 is 11.6 Å². The maximum Gasteiger partial charge on any atom is 0.187 e. The average Bonchev–Trinajstić information content (AvgIpc) is 2.79. The molecule has 0 aliphatic heterocycles. The van der Waals surface area contributed by atoms with Crippen LogP contribution in [-0.2, 0) is 0 Å². The number of carbonyl (C=O) groups excluding carboxylic acids is 1. The van der Waals surface area contributed by atoms with Crippen molar-refractivity contribution in [1.29, 1.82) is 5.26 Å². The lowest BCUT2D eigenvalue weighted by Gasteiger charge is -2.09. The van der Waals surface area contributed by atoms with E-state index in [9.17, 15) is 9.18 Å². The molecule has 1 aromatic carbocycles. The fourth-order valence-corrected chi connectivity index (χ4v) is 2.02. The standard InChI is InChI=1S/C14H9ClFNO2/c1-8-4-9(7-19-8)14(18)12(6-17)11-3-2-10(16)5-13(11)15/h2-5,7,12H,1H3. The van der Waals surface area contributed by atoms with E-state index in [1.807, 2.05) is 6.07 Å². The number of ketones is 1. The van der Waals surface area contributed by atoms with Crippen molar-refractivity contribution in [2.75, 3.05) is 0 Å². The van der Waals surface area contributed by atoms with Crippen LogP contribution in [0.4, 0.5) is 4.39 Å². The van der Waals surface area contributed by atoms with E-state index in [2.05, 4.69) is 0 Å². The van der Waals surface area contributed by atoms with E-state index in [0.717, 1.165) is 6.07 Å². The smallest absolute Gasteiger partial charge is 0.187 e. The van der Waals surface area contributed by atoms with Crippen molar-refractivity contribution in [2.24, 2.45) is 0 Å². The number of aryl methyl sites for hydroxylation is 1. The number of nitriles is 1. The molecule has 0 aliphatic carbocycles. The molecule has 0 fully saturated rings. The lowest BCUT2D eigenvalue weighted by atomic mass is 9.93. The van der Waals surface area contributed by atoms with Gasteiger partial charge in [0.2, 0.25) is 0 Å². The van der Waals surface area contributed by atoms with E-state index in [1.165, 1.54) is 18.4 Å². The summed E-state index contributed by atoms with van der Waals surface area (Å²) in [6, 6.07) is 7.02. The zero-order valence-electron chi connectivity index (χ0n) is 9.98. The molecule has 0 saturated heterocycles. The van der Waals surface area contributed by atoms with Crippen molar-refractivity contribution in [3.05, 3.63) is 58.3 Å². The van der Waals surface area contributed by atoms with Crippen molar-refractivity contribution < 1.29 is 13.6 Å². The van der Waals surface area contributed by atoms with Crippen LogP contribution in [0.5, 0.6) is 0 Å². The topological polar surface area (TPSA) is 54.0 Å². The Morgan fingerprint density at radius 3 is 2.74 bits per heavy atom. The molecular weight excluding hydrogens is 269 g/mol. The zero-order valence-corrected chi connectivity index (χ0v) is 10.7. The minimum absolute atomic E-state index is 0.0557. The number of nitrogens with zero attached hydrogens (tertiary/aromatic N) is 1. The van der Waals surface area contributed by atoms with Gasteiger partial charge in [-0.05, 0) is 30.7 Å². The van der Waals surface area contributed by atoms with Gasteiger partial charge >= 0.3 is 0 Å². The number of benzene rings is 1. The van der Waals surface area contributed by atoms with E-state index in [1.54, 1.807) is 13.0 Å². The molecule has 2 rings (SSSR count). The first kappa shape index (κ1) is 13.3. The van der Waals surface area contributed by atoms with Crippen LogP contribution in [0.25, 0.3) is 0 Å². The fraction of sp³-hybridized carbons (Fsp3) is 0.143. The number of carbonyl (C=O) groups is 1. The van der Waals surface area contributed by atoms with E-state index in [4.69, 9.17) is 21.3 Å². The second-order valence-corrected chi connectivity index (χ2v) is 4.45. The van der Waals surface area contributed by atoms with E-state index in [-0.39, 0.29) is 10.6 Å². The van der Waals surface area contributed by atoms with E-state index < -0.39 is 17.5 Å². The van der Waals surface area contributed by atoms with Gasteiger partial charge in [0.05, 0.1) is 11.6 Å². The Labute approximate surface area is 114 Å². The highest BCUT2D eigenvalue weighted by Crippen LogP contribution is 2.28. The third-order valence-corrected chi connectivity index (χ3v) is 3.01. The minimum Gasteiger partial charge on any atom is -0.469 e. The Morgan fingerprint density at radius 2 is 2.21 bits per heavy atom. The summed E-state index contributed by atoms with van der Waals surface area (Å²) in [5, 5.41) is 9.21. The Hall–Kier alpha value is -2.12. The van der Waals surface area contributed by atoms with Crippen molar-refractivity contribution in [3.63, 3.8) is 0 Å². The molecule has 0 spiro atoms. The van der Waals surface area contributed by atoms with Crippen LogP contribution in [-0.4, -0.2) is 5.78 Å². The second kappa shape index (κ2) is 5.25. The van der Waals surface area contributed by atoms with Gasteiger partial charge in [0.25, 0.3) is 0 Å². The van der Waals surface area contributed by atoms with Gasteiger partial charge in [0.1, 0.15) is 23.8 Å². The first-order valence-corrected chi connectivity index (χ1v) is 5.84. The normalized spacial score (nSPS) is 11.9. The predicted octanol–water partition coefficient (Wildman–Crippen LogP) is 3.87. The van der Waals surface area contributed by atoms with Gasteiger partial charge in [-0.1, -0.05) is 17.7 Å². The molecule has 1 atom stereocenters. The molecule has 0 bridgehead atoms. The number of rotatable bonds is 3. The third kappa shape index (κ3) is 2.67. The summed E-state index contributed by atoms with van der Waals surface area (Å²) in [6.07, 6.45) is 1.29. The number of Topliss-reactive ketones (excluding diaryl/α,β-unsaturated/α-hetero) is 1. The molecule has 2 aromatic rings. The molecule has 0 radical (unpaired) electrons. The molecule has 5 heteroatoms. The fourth-order valence-electron chi connectivity index (χ4n) is 1.74. The highest BCUT2D eigenvalue weighted by atomic mass is 35.5. The molecule has 3 nitrogen and oxygen atoms in total. The number of hydrogen-bond acceptors (Lipinski definition) is 3. The maximum atomic E-state index is 13.0. The van der Waals surface area contributed by atoms with Crippen molar-refractivity contribution in [3.8, 4) is 6.07 Å². The molecule has 1 heterocycles. The monoisotopic (exact) mass is 277 g/mol. The molecule has 0 amide bonds. The number of halogens is 2. The van der Waals surface area contributed by atoms with Gasteiger partial charge in [-0.25, -0.2) is 4.39 Å². The summed E-state index contributed by atoms with van der Waals surface area (Å²) in [4.78, 5) is 12.2. The Balaban J connectivity index is 2.40. The zero-order chi connectivity index (χ0) is 14.0. The summed E-state index contributed by atoms with van der Waals surface area (Å²) < 4.78 is 18.0. The molecule has 19 heavy (non-hydrogen) atoms. The maximum absolute atomic E-state index is 13.0. The van der Waals surface area contributed by atoms with Crippen LogP contribution in [0.15, 0.2) is 34.9 Å². The molecule has 0 N–H and O–H groups in total. The quantitative estimate of drug-likeness (QED) is 0.800. The van der Waals surface area contributed by atoms with Gasteiger partial charge in [-0.2, -0.15) is 5.26 Å². The Morgan fingerprint density at radius 1 is 1.47 bits per heavy atom. The molecular formula is C14H9ClFNO2. The van der Waals surface area contributed by atoms with Crippen LogP contribution in [0.3, 0.4) is 0 Å². The lowest BCUT2D eigenvalue weighted by Crippen LogP contribution is -2.11. The highest BCUT2D eigenvalue weighted by Gasteiger charge is 2.25. The number of furan rings is 1. The first-order chi connectivity index (χ1) is 9.02. The SMILES string of the molecule is Cc1cc(C(=O)C(C#N)c2ccc(F)cc2Cl)co1. The second-order valence-electron chi connectivity index (χ2n) is 4.04. The van der Waals surface area contributed by atoms with Crippen LogP contribution in [0, 0.1) is 24.1 Å². The Bertz CT molecular complexity index is 672. The van der Waals surface area contributed by atoms with Crippen molar-refractivity contribution in [2.45, 2.75) is 12.8 Å². The molecule has 0 saturated carbocycles. The Kier molecular flexibility index (Phi) is 3.68. The van der Waals surface area contributed by atoms with Crippen molar-refractivity contribution in [1.82, 2.24) is 0 Å². The van der Waals surface area contributed by atoms with Crippen LogP contribution < -0.4 is 0 Å².